The Hall–Kier alpha value is -3.22. The number of aliphatic imine (C=N–C) groups is 1. The molecule has 7 nitrogen and oxygen atoms in total. The summed E-state index contributed by atoms with van der Waals surface area (Å²) in [6.45, 7) is 1.30. The Morgan fingerprint density at radius 1 is 1.03 bits per heavy atom. The van der Waals surface area contributed by atoms with Gasteiger partial charge in [0.2, 0.25) is 0 Å². The van der Waals surface area contributed by atoms with Gasteiger partial charge in [-0.05, 0) is 47.9 Å². The maximum Gasteiger partial charge on any atom is 0.253 e. The minimum Gasteiger partial charge on any atom is -0.497 e. The quantitative estimate of drug-likeness (QED) is 0.527. The molecule has 0 heterocycles. The Morgan fingerprint density at radius 2 is 1.76 bits per heavy atom. The third-order valence-electron chi connectivity index (χ3n) is 4.46. The molecule has 7 heteroatoms. The van der Waals surface area contributed by atoms with Gasteiger partial charge in [0.05, 0.1) is 14.2 Å². The SMILES string of the molecule is CN=C(NCCc1cc(OC)ccc1OC)NCc1ccc(C(=O)N(C)C)cc1. The maximum absolute atomic E-state index is 12.0. The van der Waals surface area contributed by atoms with Crippen molar-refractivity contribution in [3.63, 3.8) is 0 Å². The lowest BCUT2D eigenvalue weighted by Crippen LogP contribution is -2.37. The van der Waals surface area contributed by atoms with Crippen molar-refractivity contribution in [3.8, 4) is 11.5 Å². The molecule has 0 radical (unpaired) electrons. The summed E-state index contributed by atoms with van der Waals surface area (Å²) >= 11 is 0. The molecule has 2 aromatic rings. The first-order valence-corrected chi connectivity index (χ1v) is 9.44. The number of benzene rings is 2. The van der Waals surface area contributed by atoms with E-state index in [1.54, 1.807) is 40.3 Å². The van der Waals surface area contributed by atoms with Crippen LogP contribution in [0.2, 0.25) is 0 Å². The number of methoxy groups -OCH3 is 2. The van der Waals surface area contributed by atoms with E-state index in [4.69, 9.17) is 9.47 Å². The van der Waals surface area contributed by atoms with Gasteiger partial charge >= 0.3 is 0 Å². The van der Waals surface area contributed by atoms with Crippen molar-refractivity contribution in [1.82, 2.24) is 15.5 Å². The van der Waals surface area contributed by atoms with Gasteiger partial charge in [0.25, 0.3) is 5.91 Å². The van der Waals surface area contributed by atoms with Gasteiger partial charge in [-0.2, -0.15) is 0 Å². The Kier molecular flexibility index (Phi) is 8.33. The predicted octanol–water partition coefficient (Wildman–Crippen LogP) is 2.31. The summed E-state index contributed by atoms with van der Waals surface area (Å²) in [6, 6.07) is 13.3. The third kappa shape index (κ3) is 6.41. The summed E-state index contributed by atoms with van der Waals surface area (Å²) in [5.41, 5.74) is 2.81. The highest BCUT2D eigenvalue weighted by Gasteiger charge is 2.08. The topological polar surface area (TPSA) is 75.2 Å². The molecule has 1 amide bonds. The minimum absolute atomic E-state index is 0.00467. The van der Waals surface area contributed by atoms with Crippen molar-refractivity contribution in [2.45, 2.75) is 13.0 Å². The first-order chi connectivity index (χ1) is 14.0. The van der Waals surface area contributed by atoms with Gasteiger partial charge in [-0.15, -0.1) is 0 Å². The molecule has 0 saturated heterocycles. The molecule has 0 bridgehead atoms. The van der Waals surface area contributed by atoms with Gasteiger partial charge in [0.1, 0.15) is 11.5 Å². The zero-order valence-electron chi connectivity index (χ0n) is 17.8. The van der Waals surface area contributed by atoms with Crippen molar-refractivity contribution in [3.05, 3.63) is 59.2 Å². The molecule has 0 unspecified atom stereocenters. The lowest BCUT2D eigenvalue weighted by molar-refractivity contribution is 0.0827. The standard InChI is InChI=1S/C22H30N4O3/c1-23-22(24-13-12-18-14-19(28-4)10-11-20(18)29-5)25-15-16-6-8-17(9-7-16)21(27)26(2)3/h6-11,14H,12-13,15H2,1-5H3,(H2,23,24,25). The molecular formula is C22H30N4O3. The van der Waals surface area contributed by atoms with Gasteiger partial charge in [0.15, 0.2) is 5.96 Å². The van der Waals surface area contributed by atoms with E-state index in [-0.39, 0.29) is 5.91 Å². The van der Waals surface area contributed by atoms with Crippen LogP contribution < -0.4 is 20.1 Å². The number of ether oxygens (including phenoxy) is 2. The molecule has 0 fully saturated rings. The zero-order chi connectivity index (χ0) is 21.2. The summed E-state index contributed by atoms with van der Waals surface area (Å²) in [5, 5.41) is 6.59. The second kappa shape index (κ2) is 10.9. The molecular weight excluding hydrogens is 368 g/mol. The van der Waals surface area contributed by atoms with E-state index >= 15 is 0 Å². The van der Waals surface area contributed by atoms with Crippen LogP contribution in [0.15, 0.2) is 47.5 Å². The lowest BCUT2D eigenvalue weighted by Gasteiger charge is -2.14. The summed E-state index contributed by atoms with van der Waals surface area (Å²) in [4.78, 5) is 17.8. The molecule has 2 rings (SSSR count). The number of amides is 1. The number of carbonyl (C=O) groups excluding carboxylic acids is 1. The van der Waals surface area contributed by atoms with Crippen LogP contribution in [0, 0.1) is 0 Å². The van der Waals surface area contributed by atoms with E-state index in [9.17, 15) is 4.79 Å². The Morgan fingerprint density at radius 3 is 2.34 bits per heavy atom. The molecule has 2 N–H and O–H groups in total. The number of hydrogen-bond donors (Lipinski definition) is 2. The van der Waals surface area contributed by atoms with Crippen LogP contribution in [-0.2, 0) is 13.0 Å². The molecule has 0 aromatic heterocycles. The summed E-state index contributed by atoms with van der Waals surface area (Å²) in [5.74, 6) is 2.35. The van der Waals surface area contributed by atoms with E-state index in [2.05, 4.69) is 15.6 Å². The molecule has 0 spiro atoms. The number of nitrogens with one attached hydrogen (secondary N) is 2. The first-order valence-electron chi connectivity index (χ1n) is 9.44. The third-order valence-corrected chi connectivity index (χ3v) is 4.46. The second-order valence-corrected chi connectivity index (χ2v) is 6.68. The normalized spacial score (nSPS) is 11.0. The molecule has 29 heavy (non-hydrogen) atoms. The highest BCUT2D eigenvalue weighted by atomic mass is 16.5. The minimum atomic E-state index is -0.00467. The van der Waals surface area contributed by atoms with Crippen LogP contribution in [0.5, 0.6) is 11.5 Å². The van der Waals surface area contributed by atoms with E-state index < -0.39 is 0 Å². The maximum atomic E-state index is 12.0. The fourth-order valence-electron chi connectivity index (χ4n) is 2.82. The van der Waals surface area contributed by atoms with E-state index in [1.807, 2.05) is 42.5 Å². The molecule has 156 valence electrons. The van der Waals surface area contributed by atoms with Crippen LogP contribution in [0.3, 0.4) is 0 Å². The van der Waals surface area contributed by atoms with E-state index in [0.29, 0.717) is 24.6 Å². The number of guanidine groups is 1. The fourth-order valence-corrected chi connectivity index (χ4v) is 2.82. The number of carbonyl (C=O) groups is 1. The van der Waals surface area contributed by atoms with Gasteiger partial charge in [-0.3, -0.25) is 9.79 Å². The van der Waals surface area contributed by atoms with Gasteiger partial charge in [-0.1, -0.05) is 12.1 Å². The zero-order valence-corrected chi connectivity index (χ0v) is 17.8. The van der Waals surface area contributed by atoms with Gasteiger partial charge in [-0.25, -0.2) is 0 Å². The fraction of sp³-hybridized carbons (Fsp3) is 0.364. The van der Waals surface area contributed by atoms with Crippen molar-refractivity contribution in [2.75, 3.05) is 41.9 Å². The number of rotatable bonds is 8. The van der Waals surface area contributed by atoms with Crippen molar-refractivity contribution < 1.29 is 14.3 Å². The van der Waals surface area contributed by atoms with Crippen LogP contribution in [-0.4, -0.2) is 58.7 Å². The van der Waals surface area contributed by atoms with Crippen LogP contribution >= 0.6 is 0 Å². The van der Waals surface area contributed by atoms with Crippen molar-refractivity contribution in [2.24, 2.45) is 4.99 Å². The Labute approximate surface area is 172 Å². The molecule has 0 aliphatic heterocycles. The van der Waals surface area contributed by atoms with Gasteiger partial charge < -0.3 is 25.0 Å². The molecule has 0 aliphatic rings. The Bertz CT molecular complexity index is 832. The average molecular weight is 399 g/mol. The van der Waals surface area contributed by atoms with Crippen molar-refractivity contribution in [1.29, 1.82) is 0 Å². The summed E-state index contributed by atoms with van der Waals surface area (Å²) < 4.78 is 10.7. The second-order valence-electron chi connectivity index (χ2n) is 6.68. The van der Waals surface area contributed by atoms with Crippen molar-refractivity contribution >= 4 is 11.9 Å². The van der Waals surface area contributed by atoms with E-state index in [0.717, 1.165) is 29.0 Å². The summed E-state index contributed by atoms with van der Waals surface area (Å²) in [6.07, 6.45) is 0.766. The van der Waals surface area contributed by atoms with Crippen LogP contribution in [0.1, 0.15) is 21.5 Å². The summed E-state index contributed by atoms with van der Waals surface area (Å²) in [7, 11) is 8.54. The average Bonchev–Trinajstić information content (AvgIpc) is 2.75. The van der Waals surface area contributed by atoms with Crippen LogP contribution in [0.4, 0.5) is 0 Å². The smallest absolute Gasteiger partial charge is 0.253 e. The highest BCUT2D eigenvalue weighted by Crippen LogP contribution is 2.24. The largest absolute Gasteiger partial charge is 0.497 e. The molecule has 0 aliphatic carbocycles. The molecule has 2 aromatic carbocycles. The molecule has 0 atom stereocenters. The predicted molar refractivity (Wildman–Crippen MR) is 116 cm³/mol. The highest BCUT2D eigenvalue weighted by molar-refractivity contribution is 5.93. The van der Waals surface area contributed by atoms with Crippen LogP contribution in [0.25, 0.3) is 0 Å². The van der Waals surface area contributed by atoms with Gasteiger partial charge in [0, 0.05) is 39.8 Å². The first kappa shape index (κ1) is 22.1. The Balaban J connectivity index is 1.86. The molecule has 0 saturated carbocycles. The van der Waals surface area contributed by atoms with E-state index in [1.165, 1.54) is 0 Å². The number of hydrogen-bond acceptors (Lipinski definition) is 4. The monoisotopic (exact) mass is 398 g/mol. The number of nitrogens with zero attached hydrogens (tertiary/aromatic N) is 2. The lowest BCUT2D eigenvalue weighted by atomic mass is 10.1.